The van der Waals surface area contributed by atoms with Crippen LogP contribution in [0.3, 0.4) is 0 Å². The third kappa shape index (κ3) is 53.5. The highest BCUT2D eigenvalue weighted by Gasteiger charge is 2.20. The van der Waals surface area contributed by atoms with Crippen LogP contribution in [0.1, 0.15) is 145 Å². The lowest BCUT2D eigenvalue weighted by atomic mass is 10.2. The largest absolute Gasteiger partial charge is 0.399 e. The zero-order valence-electron chi connectivity index (χ0n) is 65.5. The average Bonchev–Trinajstić information content (AvgIpc) is 0.945. The fourth-order valence-electron chi connectivity index (χ4n) is 8.43. The molecule has 0 aliphatic carbocycles. The number of nitrogen functional groups attached to an aromatic ring is 1. The van der Waals surface area contributed by atoms with Crippen molar-refractivity contribution in [3.63, 3.8) is 0 Å². The van der Waals surface area contributed by atoms with Gasteiger partial charge in [-0.25, -0.2) is 0 Å². The number of ether oxygens (including phenoxy) is 20. The van der Waals surface area contributed by atoms with Crippen LogP contribution < -0.4 is 16.4 Å². The topological polar surface area (TPSA) is 318 Å². The van der Waals surface area contributed by atoms with Crippen LogP contribution in [0.4, 0.5) is 11.4 Å². The minimum atomic E-state index is -0.232. The first-order valence-electron chi connectivity index (χ1n) is 36.2. The molecular weight excluding hydrogens is 1320 g/mol. The molecule has 0 aliphatic rings. The van der Waals surface area contributed by atoms with E-state index in [9.17, 15) is 9.59 Å². The first kappa shape index (κ1) is 95.7. The van der Waals surface area contributed by atoms with Crippen molar-refractivity contribution in [1.29, 1.82) is 0 Å². The number of amides is 2. The Morgan fingerprint density at radius 2 is 0.520 bits per heavy atom. The Bertz CT molecular complexity index is 2390. The molecule has 0 spiro atoms. The summed E-state index contributed by atoms with van der Waals surface area (Å²) in [5.41, 5.74) is 16.3. The third-order valence-corrected chi connectivity index (χ3v) is 14.7. The molecule has 18 unspecified atom stereocenters. The maximum absolute atomic E-state index is 12.4. The predicted molar refractivity (Wildman–Crippen MR) is 392 cm³/mol. The number of carbonyl (C=O) groups is 2. The minimum Gasteiger partial charge on any atom is -0.399 e. The van der Waals surface area contributed by atoms with Crippen LogP contribution in [-0.2, 0) is 94.7 Å². The van der Waals surface area contributed by atoms with E-state index in [0.29, 0.717) is 168 Å². The number of hydrogen-bond acceptors (Lipinski definition) is 24. The number of anilines is 1. The monoisotopic (exact) mass is 1460 g/mol. The van der Waals surface area contributed by atoms with Gasteiger partial charge in [-0.2, -0.15) is 0 Å². The SMILES string of the molecule is COCCOCC(C)OCC(C)OCC(C)OCC(C)OCC(C)OCC(C)OCC(C)OCC(C)OCC(C)NC(=O)c1ccc(N)cc1.COCCOCC(C)OCC(C)OCC(C)OCC(C)OCC(C)OCC(C)OCC(C)OCC(C)OCC(C)NC(=O)c1ccc(N=[N+]=[N-])cc1. The average molecular weight is 1460 g/mol. The number of hydrogen-bond donors (Lipinski definition) is 3. The van der Waals surface area contributed by atoms with Gasteiger partial charge in [-0.3, -0.25) is 9.59 Å². The van der Waals surface area contributed by atoms with Crippen LogP contribution >= 0.6 is 0 Å². The lowest BCUT2D eigenvalue weighted by molar-refractivity contribution is -0.110. The Morgan fingerprint density at radius 1 is 0.324 bits per heavy atom. The molecule has 28 heteroatoms. The Morgan fingerprint density at radius 3 is 0.725 bits per heavy atom. The van der Waals surface area contributed by atoms with E-state index in [1.165, 1.54) is 0 Å². The summed E-state index contributed by atoms with van der Waals surface area (Å²) in [6, 6.07) is 12.8. The van der Waals surface area contributed by atoms with Crippen LogP contribution in [0.15, 0.2) is 53.6 Å². The van der Waals surface area contributed by atoms with Crippen molar-refractivity contribution in [2.45, 2.75) is 234 Å². The van der Waals surface area contributed by atoms with Crippen molar-refractivity contribution in [2.24, 2.45) is 5.11 Å². The maximum Gasteiger partial charge on any atom is 0.251 e. The highest BCUT2D eigenvalue weighted by atomic mass is 16.6. The van der Waals surface area contributed by atoms with Gasteiger partial charge in [-0.15, -0.1) is 0 Å². The second kappa shape index (κ2) is 59.8. The van der Waals surface area contributed by atoms with E-state index in [-0.39, 0.29) is 122 Å². The number of benzene rings is 2. The second-order valence-corrected chi connectivity index (χ2v) is 26.5. The molecule has 0 radical (unpaired) electrons. The molecule has 0 aromatic heterocycles. The van der Waals surface area contributed by atoms with E-state index in [1.54, 1.807) is 62.8 Å². The number of nitrogens with two attached hydrogens (primary N) is 1. The number of nitrogens with zero attached hydrogens (tertiary/aromatic N) is 3. The van der Waals surface area contributed by atoms with Gasteiger partial charge in [0, 0.05) is 53.7 Å². The molecule has 18 atom stereocenters. The van der Waals surface area contributed by atoms with Gasteiger partial charge in [0.25, 0.3) is 11.8 Å². The molecule has 2 amide bonds. The lowest BCUT2D eigenvalue weighted by Crippen LogP contribution is -2.37. The third-order valence-electron chi connectivity index (χ3n) is 14.7. The van der Waals surface area contributed by atoms with E-state index in [1.807, 2.05) is 125 Å². The zero-order valence-corrected chi connectivity index (χ0v) is 65.5. The highest BCUT2D eigenvalue weighted by Crippen LogP contribution is 2.15. The minimum absolute atomic E-state index is 0.0111. The number of azide groups is 1. The van der Waals surface area contributed by atoms with Crippen molar-refractivity contribution in [3.05, 3.63) is 70.1 Å². The van der Waals surface area contributed by atoms with Crippen LogP contribution in [0, 0.1) is 0 Å². The van der Waals surface area contributed by atoms with Crippen molar-refractivity contribution in [3.8, 4) is 0 Å². The summed E-state index contributed by atoms with van der Waals surface area (Å²) < 4.78 is 115. The Hall–Kier alpha value is -4.31. The number of nitrogens with one attached hydrogen (secondary N) is 2. The van der Waals surface area contributed by atoms with E-state index >= 15 is 0 Å². The van der Waals surface area contributed by atoms with Crippen molar-refractivity contribution in [2.75, 3.05) is 165 Å². The van der Waals surface area contributed by atoms with Crippen molar-refractivity contribution < 1.29 is 104 Å². The Labute approximate surface area is 610 Å². The fraction of sp³-hybridized carbons (Fsp3) is 0.811. The molecule has 2 aromatic carbocycles. The van der Waals surface area contributed by atoms with Gasteiger partial charge in [0.1, 0.15) is 0 Å². The van der Waals surface area contributed by atoms with E-state index < -0.39 is 0 Å². The molecule has 4 N–H and O–H groups in total. The molecule has 0 aliphatic heterocycles. The molecule has 0 heterocycles. The normalized spacial score (nSPS) is 17.1. The first-order chi connectivity index (χ1) is 48.6. The number of rotatable bonds is 63. The summed E-state index contributed by atoms with van der Waals surface area (Å²) in [4.78, 5) is 27.5. The highest BCUT2D eigenvalue weighted by molar-refractivity contribution is 5.95. The number of carbonyl (C=O) groups excluding carboxylic acids is 2. The summed E-state index contributed by atoms with van der Waals surface area (Å²) in [6.45, 7) is 45.4. The molecule has 0 fully saturated rings. The summed E-state index contributed by atoms with van der Waals surface area (Å²) in [6.07, 6.45) is -1.44. The van der Waals surface area contributed by atoms with Gasteiger partial charge in [-0.05, 0) is 167 Å². The second-order valence-electron chi connectivity index (χ2n) is 26.5. The number of methoxy groups -OCH3 is 2. The maximum atomic E-state index is 12.4. The summed E-state index contributed by atoms with van der Waals surface area (Å²) in [7, 11) is 3.30. The molecule has 2 aromatic rings. The van der Waals surface area contributed by atoms with Crippen molar-refractivity contribution >= 4 is 23.2 Å². The predicted octanol–water partition coefficient (Wildman–Crippen LogP) is 9.94. The van der Waals surface area contributed by atoms with E-state index in [4.69, 9.17) is 106 Å². The standard InChI is InChI=1S/C37H66N4O11.C37H68N2O11/c1-26(39-37(42)35-11-13-36(14-12-35)40-41-38)17-45-28(3)19-47-30(5)21-49-32(7)23-51-34(9)25-52-33(8)24-50-31(6)22-48-29(4)20-46-27(2)18-44-16-15-43-10;1-26(39-37(40)35-11-13-36(38)14-12-35)17-43-28(3)19-45-30(5)21-47-32(7)23-49-34(9)25-50-33(8)24-48-31(6)22-46-29(4)20-44-27(2)18-42-16-15-41-10/h11-14,26-34H,15-25H2,1-10H3,(H,39,42);11-14,26-34H,15-25,38H2,1-10H3,(H,39,40). The molecule has 2 rings (SSSR count). The van der Waals surface area contributed by atoms with Crippen LogP contribution in [-0.4, -0.2) is 281 Å². The van der Waals surface area contributed by atoms with Gasteiger partial charge >= 0.3 is 0 Å². The van der Waals surface area contributed by atoms with E-state index in [0.717, 1.165) is 0 Å². The molecule has 28 nitrogen and oxygen atoms in total. The summed E-state index contributed by atoms with van der Waals surface area (Å²) in [5, 5.41) is 9.33. The Kier molecular flexibility index (Phi) is 56.1. The smallest absolute Gasteiger partial charge is 0.251 e. The van der Waals surface area contributed by atoms with Gasteiger partial charge in [0.2, 0.25) is 0 Å². The molecule has 102 heavy (non-hydrogen) atoms. The molecule has 0 saturated carbocycles. The molecule has 0 bridgehead atoms. The fourth-order valence-corrected chi connectivity index (χ4v) is 8.43. The molecule has 0 saturated heterocycles. The first-order valence-corrected chi connectivity index (χ1v) is 36.2. The van der Waals surface area contributed by atoms with Crippen LogP contribution in [0.25, 0.3) is 10.4 Å². The van der Waals surface area contributed by atoms with Gasteiger partial charge in [0.05, 0.1) is 243 Å². The van der Waals surface area contributed by atoms with Gasteiger partial charge in [0.15, 0.2) is 0 Å². The molecular formula is C74H134N6O22. The van der Waals surface area contributed by atoms with Crippen molar-refractivity contribution in [1.82, 2.24) is 10.6 Å². The summed E-state index contributed by atoms with van der Waals surface area (Å²) in [5.74, 6) is -0.396. The Balaban J connectivity index is 0.00000102. The zero-order chi connectivity index (χ0) is 76.0. The van der Waals surface area contributed by atoms with Crippen LogP contribution in [0.5, 0.6) is 0 Å². The lowest BCUT2D eigenvalue weighted by Gasteiger charge is -2.23. The molecule has 592 valence electrons. The van der Waals surface area contributed by atoms with Crippen LogP contribution in [0.2, 0.25) is 0 Å². The quantitative estimate of drug-likeness (QED) is 0.0182. The summed E-state index contributed by atoms with van der Waals surface area (Å²) >= 11 is 0. The van der Waals surface area contributed by atoms with E-state index in [2.05, 4.69) is 20.7 Å². The van der Waals surface area contributed by atoms with Gasteiger partial charge in [-0.1, -0.05) is 17.2 Å². The van der Waals surface area contributed by atoms with Gasteiger partial charge < -0.3 is 111 Å².